The Hall–Kier alpha value is -3.39. The molecule has 2 aromatic carbocycles. The number of thioether (sulfide) groups is 1. The first-order valence-corrected chi connectivity index (χ1v) is 8.66. The standard InChI is InChI=1S/C19H15N3O4S/c1-26-17(24)10-16-18(25)21-19(27-16)22-20-11-12-3-2-4-14(9-12)13-5-7-15(23)8-6-13/h2-11,23H,1H3,(H,21,22,25)/b16-10+,20-11?. The van der Waals surface area contributed by atoms with Crippen molar-refractivity contribution in [3.63, 3.8) is 0 Å². The summed E-state index contributed by atoms with van der Waals surface area (Å²) in [6, 6.07) is 14.5. The highest BCUT2D eigenvalue weighted by atomic mass is 32.2. The molecule has 0 saturated carbocycles. The molecule has 8 heteroatoms. The Balaban J connectivity index is 1.72. The van der Waals surface area contributed by atoms with Crippen LogP contribution in [0.25, 0.3) is 11.1 Å². The number of rotatable bonds is 4. The van der Waals surface area contributed by atoms with Gasteiger partial charge in [0.25, 0.3) is 5.91 Å². The number of phenolic OH excluding ortho intramolecular Hbond substituents is 1. The van der Waals surface area contributed by atoms with E-state index >= 15 is 0 Å². The average Bonchev–Trinajstić information content (AvgIpc) is 3.01. The molecule has 136 valence electrons. The summed E-state index contributed by atoms with van der Waals surface area (Å²) >= 11 is 1.01. The molecule has 1 aliphatic heterocycles. The number of amides is 1. The summed E-state index contributed by atoms with van der Waals surface area (Å²) in [6.45, 7) is 0. The number of carbonyl (C=O) groups excluding carboxylic acids is 2. The average molecular weight is 381 g/mol. The number of aromatic hydroxyl groups is 1. The van der Waals surface area contributed by atoms with Crippen LogP contribution in [-0.4, -0.2) is 35.5 Å². The van der Waals surface area contributed by atoms with Gasteiger partial charge in [-0.3, -0.25) is 10.1 Å². The third kappa shape index (κ3) is 4.83. The van der Waals surface area contributed by atoms with Gasteiger partial charge >= 0.3 is 5.97 Å². The van der Waals surface area contributed by atoms with Gasteiger partial charge in [-0.1, -0.05) is 30.3 Å². The van der Waals surface area contributed by atoms with Gasteiger partial charge in [-0.25, -0.2) is 4.79 Å². The van der Waals surface area contributed by atoms with Crippen LogP contribution in [0.3, 0.4) is 0 Å². The van der Waals surface area contributed by atoms with Crippen LogP contribution in [0.1, 0.15) is 5.56 Å². The smallest absolute Gasteiger partial charge is 0.331 e. The number of nitrogens with one attached hydrogen (secondary N) is 1. The highest BCUT2D eigenvalue weighted by molar-refractivity contribution is 8.18. The Kier molecular flexibility index (Phi) is 5.68. The molecule has 0 bridgehead atoms. The zero-order chi connectivity index (χ0) is 19.2. The Bertz CT molecular complexity index is 965. The summed E-state index contributed by atoms with van der Waals surface area (Å²) in [4.78, 5) is 23.1. The summed E-state index contributed by atoms with van der Waals surface area (Å²) in [7, 11) is 1.24. The third-order valence-corrected chi connectivity index (χ3v) is 4.44. The summed E-state index contributed by atoms with van der Waals surface area (Å²) < 4.78 is 4.50. The lowest BCUT2D eigenvalue weighted by molar-refractivity contribution is -0.135. The molecular formula is C19H15N3O4S. The van der Waals surface area contributed by atoms with E-state index in [-0.39, 0.29) is 15.8 Å². The number of phenols is 1. The van der Waals surface area contributed by atoms with Gasteiger partial charge in [-0.05, 0) is 46.7 Å². The van der Waals surface area contributed by atoms with Gasteiger partial charge in [0.2, 0.25) is 0 Å². The maximum Gasteiger partial charge on any atom is 0.331 e. The second kappa shape index (κ2) is 8.33. The van der Waals surface area contributed by atoms with Crippen LogP contribution in [0, 0.1) is 0 Å². The van der Waals surface area contributed by atoms with Gasteiger partial charge in [-0.2, -0.15) is 5.10 Å². The molecule has 0 radical (unpaired) electrons. The van der Waals surface area contributed by atoms with Gasteiger partial charge in [-0.15, -0.1) is 5.10 Å². The first kappa shape index (κ1) is 18.4. The van der Waals surface area contributed by atoms with Gasteiger partial charge in [0, 0.05) is 6.08 Å². The predicted molar refractivity (Wildman–Crippen MR) is 104 cm³/mol. The van der Waals surface area contributed by atoms with E-state index in [9.17, 15) is 14.7 Å². The number of carbonyl (C=O) groups is 2. The van der Waals surface area contributed by atoms with E-state index in [1.165, 1.54) is 7.11 Å². The lowest BCUT2D eigenvalue weighted by Gasteiger charge is -2.02. The number of amidine groups is 1. The van der Waals surface area contributed by atoms with Gasteiger partial charge < -0.3 is 9.84 Å². The van der Waals surface area contributed by atoms with Gasteiger partial charge in [0.05, 0.1) is 18.2 Å². The molecule has 7 nitrogen and oxygen atoms in total. The number of esters is 1. The molecule has 27 heavy (non-hydrogen) atoms. The topological polar surface area (TPSA) is 100 Å². The normalized spacial score (nSPS) is 16.9. The van der Waals surface area contributed by atoms with Crippen molar-refractivity contribution < 1.29 is 19.4 Å². The number of hydrogen-bond donors (Lipinski definition) is 2. The Morgan fingerprint density at radius 3 is 2.70 bits per heavy atom. The third-order valence-electron chi connectivity index (χ3n) is 3.54. The molecule has 0 spiro atoms. The van der Waals surface area contributed by atoms with E-state index in [0.717, 1.165) is 34.5 Å². The van der Waals surface area contributed by atoms with Crippen LogP contribution in [0.4, 0.5) is 0 Å². The highest BCUT2D eigenvalue weighted by Gasteiger charge is 2.24. The van der Waals surface area contributed by atoms with Crippen molar-refractivity contribution >= 4 is 35.0 Å². The van der Waals surface area contributed by atoms with Crippen molar-refractivity contribution in [1.82, 2.24) is 5.32 Å². The number of ether oxygens (including phenoxy) is 1. The van der Waals surface area contributed by atoms with Gasteiger partial charge in [0.15, 0.2) is 5.17 Å². The summed E-state index contributed by atoms with van der Waals surface area (Å²) in [5.74, 6) is -0.818. The van der Waals surface area contributed by atoms with Crippen molar-refractivity contribution in [2.75, 3.05) is 7.11 Å². The van der Waals surface area contributed by atoms with Crippen LogP contribution in [0.2, 0.25) is 0 Å². The van der Waals surface area contributed by atoms with E-state index < -0.39 is 11.9 Å². The Morgan fingerprint density at radius 1 is 1.19 bits per heavy atom. The predicted octanol–water partition coefficient (Wildman–Crippen LogP) is 2.67. The molecule has 2 aromatic rings. The molecular weight excluding hydrogens is 366 g/mol. The largest absolute Gasteiger partial charge is 0.508 e. The molecule has 1 aliphatic rings. The van der Waals surface area contributed by atoms with Crippen LogP contribution >= 0.6 is 11.8 Å². The molecule has 0 atom stereocenters. The maximum atomic E-state index is 11.7. The fourth-order valence-electron chi connectivity index (χ4n) is 2.24. The monoisotopic (exact) mass is 381 g/mol. The maximum absolute atomic E-state index is 11.7. The first-order chi connectivity index (χ1) is 13.0. The second-order valence-corrected chi connectivity index (χ2v) is 6.44. The summed E-state index contributed by atoms with van der Waals surface area (Å²) in [5, 5.41) is 20.1. The van der Waals surface area contributed by atoms with Crippen LogP contribution in [-0.2, 0) is 14.3 Å². The number of hydrogen-bond acceptors (Lipinski definition) is 7. The van der Waals surface area contributed by atoms with Crippen molar-refractivity contribution in [3.8, 4) is 16.9 Å². The lowest BCUT2D eigenvalue weighted by atomic mass is 10.0. The molecule has 0 aliphatic carbocycles. The molecule has 1 saturated heterocycles. The molecule has 1 fully saturated rings. The van der Waals surface area contributed by atoms with E-state index in [1.54, 1.807) is 18.3 Å². The zero-order valence-electron chi connectivity index (χ0n) is 14.2. The number of benzene rings is 2. The first-order valence-electron chi connectivity index (χ1n) is 7.84. The lowest BCUT2D eigenvalue weighted by Crippen LogP contribution is -2.19. The van der Waals surface area contributed by atoms with Crippen molar-refractivity contribution in [2.24, 2.45) is 10.2 Å². The van der Waals surface area contributed by atoms with Crippen LogP contribution in [0.15, 0.2) is 69.7 Å². The minimum atomic E-state index is -0.608. The number of methoxy groups -OCH3 is 1. The SMILES string of the molecule is COC(=O)/C=C1/S/C(=N\N=Cc2cccc(-c3ccc(O)cc3)c2)NC1=O. The van der Waals surface area contributed by atoms with E-state index in [2.05, 4.69) is 20.3 Å². The second-order valence-electron chi connectivity index (χ2n) is 5.41. The minimum absolute atomic E-state index is 0.199. The quantitative estimate of drug-likeness (QED) is 0.367. The molecule has 2 N–H and O–H groups in total. The van der Waals surface area contributed by atoms with Crippen molar-refractivity contribution in [1.29, 1.82) is 0 Å². The molecule has 3 rings (SSSR count). The Labute approximate surface area is 159 Å². The number of nitrogens with zero attached hydrogens (tertiary/aromatic N) is 2. The van der Waals surface area contributed by atoms with E-state index in [1.807, 2.05) is 36.4 Å². The molecule has 0 unspecified atom stereocenters. The summed E-state index contributed by atoms with van der Waals surface area (Å²) in [5.41, 5.74) is 2.76. The minimum Gasteiger partial charge on any atom is -0.508 e. The van der Waals surface area contributed by atoms with Crippen LogP contribution in [0.5, 0.6) is 5.75 Å². The molecule has 0 aromatic heterocycles. The fraction of sp³-hybridized carbons (Fsp3) is 0.0526. The van der Waals surface area contributed by atoms with Crippen molar-refractivity contribution in [2.45, 2.75) is 0 Å². The molecule has 1 amide bonds. The van der Waals surface area contributed by atoms with Crippen LogP contribution < -0.4 is 5.32 Å². The zero-order valence-corrected chi connectivity index (χ0v) is 15.1. The van der Waals surface area contributed by atoms with Gasteiger partial charge in [0.1, 0.15) is 5.75 Å². The van der Waals surface area contributed by atoms with E-state index in [0.29, 0.717) is 0 Å². The van der Waals surface area contributed by atoms with E-state index in [4.69, 9.17) is 0 Å². The highest BCUT2D eigenvalue weighted by Crippen LogP contribution is 2.24. The van der Waals surface area contributed by atoms with Crippen molar-refractivity contribution in [3.05, 3.63) is 65.1 Å². The summed E-state index contributed by atoms with van der Waals surface area (Å²) in [6.07, 6.45) is 2.67. The molecule has 1 heterocycles. The Morgan fingerprint density at radius 2 is 1.96 bits per heavy atom. The fourth-order valence-corrected chi connectivity index (χ4v) is 2.98.